The molecular formula is C19H16N2O3. The van der Waals surface area contributed by atoms with Crippen LogP contribution in [0.4, 0.5) is 0 Å². The molecule has 120 valence electrons. The van der Waals surface area contributed by atoms with Crippen LogP contribution in [-0.2, 0) is 0 Å². The van der Waals surface area contributed by atoms with E-state index in [0.29, 0.717) is 22.8 Å². The monoisotopic (exact) mass is 320 g/mol. The summed E-state index contributed by atoms with van der Waals surface area (Å²) in [7, 11) is 0. The number of nitrogens with zero attached hydrogens (tertiary/aromatic N) is 1. The Labute approximate surface area is 137 Å². The van der Waals surface area contributed by atoms with Crippen molar-refractivity contribution in [2.45, 2.75) is 19.8 Å². The summed E-state index contributed by atoms with van der Waals surface area (Å²) in [6.07, 6.45) is 0. The Morgan fingerprint density at radius 3 is 2.46 bits per heavy atom. The van der Waals surface area contributed by atoms with Crippen molar-refractivity contribution in [2.24, 2.45) is 0 Å². The van der Waals surface area contributed by atoms with Crippen LogP contribution in [0.1, 0.15) is 25.3 Å². The topological polar surface area (TPSA) is 68.0 Å². The smallest absolute Gasteiger partial charge is 0.282 e. The molecule has 0 spiro atoms. The SMILES string of the molecule is CC(C)c1ccc(-n2[nH]c3oc4cc(=O)ccc-4cc3c2=O)cc1. The molecule has 1 N–H and O–H groups in total. The standard InChI is InChI=1S/C19H16N2O3/c1-11(2)12-3-6-14(7-4-12)21-19(23)16-9-13-5-8-15(22)10-17(13)24-18(16)20-21/h3-11,20H,1-2H3. The van der Waals surface area contributed by atoms with Crippen LogP contribution in [0, 0.1) is 0 Å². The van der Waals surface area contributed by atoms with Crippen LogP contribution in [0.5, 0.6) is 0 Å². The molecular weight excluding hydrogens is 304 g/mol. The lowest BCUT2D eigenvalue weighted by atomic mass is 10.0. The van der Waals surface area contributed by atoms with Gasteiger partial charge in [-0.25, -0.2) is 4.68 Å². The Morgan fingerprint density at radius 1 is 1.00 bits per heavy atom. The van der Waals surface area contributed by atoms with Gasteiger partial charge >= 0.3 is 0 Å². The quantitative estimate of drug-likeness (QED) is 0.614. The first kappa shape index (κ1) is 14.5. The molecule has 0 saturated carbocycles. The Hall–Kier alpha value is -3.08. The minimum Gasteiger partial charge on any atom is -0.438 e. The van der Waals surface area contributed by atoms with Gasteiger partial charge in [-0.1, -0.05) is 26.0 Å². The second-order valence-corrected chi connectivity index (χ2v) is 6.19. The molecule has 4 rings (SSSR count). The number of benzene rings is 2. The summed E-state index contributed by atoms with van der Waals surface area (Å²) in [5.41, 5.74) is 2.72. The fourth-order valence-corrected chi connectivity index (χ4v) is 2.81. The third kappa shape index (κ3) is 2.25. The minimum absolute atomic E-state index is 0.128. The fourth-order valence-electron chi connectivity index (χ4n) is 2.81. The normalized spacial score (nSPS) is 11.6. The average Bonchev–Trinajstić information content (AvgIpc) is 2.89. The molecule has 5 nitrogen and oxygen atoms in total. The lowest BCUT2D eigenvalue weighted by Crippen LogP contribution is -2.14. The van der Waals surface area contributed by atoms with Gasteiger partial charge in [-0.05, 0) is 41.8 Å². The van der Waals surface area contributed by atoms with Gasteiger partial charge in [0.05, 0.1) is 5.69 Å². The second-order valence-electron chi connectivity index (χ2n) is 6.19. The molecule has 0 saturated heterocycles. The zero-order chi connectivity index (χ0) is 16.8. The van der Waals surface area contributed by atoms with Crippen LogP contribution in [0.2, 0.25) is 0 Å². The van der Waals surface area contributed by atoms with Crippen molar-refractivity contribution in [3.63, 3.8) is 0 Å². The van der Waals surface area contributed by atoms with E-state index in [4.69, 9.17) is 4.42 Å². The van der Waals surface area contributed by atoms with Crippen molar-refractivity contribution in [1.82, 2.24) is 9.78 Å². The highest BCUT2D eigenvalue weighted by atomic mass is 16.3. The van der Waals surface area contributed by atoms with Crippen molar-refractivity contribution in [2.75, 3.05) is 0 Å². The first-order valence-electron chi connectivity index (χ1n) is 7.82. The van der Waals surface area contributed by atoms with E-state index in [1.165, 1.54) is 22.4 Å². The number of hydrogen-bond donors (Lipinski definition) is 1. The number of hydrogen-bond acceptors (Lipinski definition) is 3. The number of nitrogens with one attached hydrogen (secondary N) is 1. The molecule has 2 aliphatic rings. The van der Waals surface area contributed by atoms with Gasteiger partial charge in [-0.3, -0.25) is 14.7 Å². The predicted octanol–water partition coefficient (Wildman–Crippen LogP) is 3.50. The van der Waals surface area contributed by atoms with Gasteiger partial charge in [0.1, 0.15) is 11.1 Å². The van der Waals surface area contributed by atoms with Gasteiger partial charge in [-0.2, -0.15) is 0 Å². The Bertz CT molecular complexity index is 1110. The molecule has 2 heterocycles. The minimum atomic E-state index is -0.181. The fraction of sp³-hybridized carbons (Fsp3) is 0.158. The second kappa shape index (κ2) is 5.23. The maximum absolute atomic E-state index is 12.7. The Kier molecular flexibility index (Phi) is 3.16. The van der Waals surface area contributed by atoms with Crippen LogP contribution in [0.3, 0.4) is 0 Å². The Balaban J connectivity index is 1.92. The number of H-pyrrole nitrogens is 1. The number of aromatic amines is 1. The van der Waals surface area contributed by atoms with Crippen molar-refractivity contribution in [3.8, 4) is 17.0 Å². The van der Waals surface area contributed by atoms with E-state index in [2.05, 4.69) is 18.9 Å². The first-order valence-corrected chi connectivity index (χ1v) is 7.82. The van der Waals surface area contributed by atoms with Crippen LogP contribution in [0.15, 0.2) is 62.5 Å². The van der Waals surface area contributed by atoms with Gasteiger partial charge in [-0.15, -0.1) is 0 Å². The van der Waals surface area contributed by atoms with Gasteiger partial charge in [0.15, 0.2) is 5.43 Å². The van der Waals surface area contributed by atoms with Crippen molar-refractivity contribution < 1.29 is 4.42 Å². The zero-order valence-electron chi connectivity index (χ0n) is 13.4. The van der Waals surface area contributed by atoms with E-state index < -0.39 is 0 Å². The Morgan fingerprint density at radius 2 is 1.75 bits per heavy atom. The molecule has 24 heavy (non-hydrogen) atoms. The molecule has 0 bridgehead atoms. The van der Waals surface area contributed by atoms with Gasteiger partial charge < -0.3 is 4.42 Å². The predicted molar refractivity (Wildman–Crippen MR) is 93.1 cm³/mol. The molecule has 0 radical (unpaired) electrons. The van der Waals surface area contributed by atoms with E-state index in [1.807, 2.05) is 24.3 Å². The van der Waals surface area contributed by atoms with Crippen molar-refractivity contribution >= 4 is 11.1 Å². The van der Waals surface area contributed by atoms with Gasteiger partial charge in [0.2, 0.25) is 5.71 Å². The molecule has 2 aromatic rings. The summed E-state index contributed by atoms with van der Waals surface area (Å²) in [5, 5.41) is 3.43. The lowest BCUT2D eigenvalue weighted by molar-refractivity contribution is 0.598. The summed E-state index contributed by atoms with van der Waals surface area (Å²) in [6.45, 7) is 4.25. The highest BCUT2D eigenvalue weighted by Crippen LogP contribution is 2.25. The zero-order valence-corrected chi connectivity index (χ0v) is 13.4. The third-order valence-electron chi connectivity index (χ3n) is 4.21. The molecule has 0 fully saturated rings. The number of fused-ring (bicyclic) bond motifs is 2. The first-order chi connectivity index (χ1) is 11.5. The van der Waals surface area contributed by atoms with Crippen molar-refractivity contribution in [3.05, 3.63) is 74.7 Å². The molecule has 1 aromatic heterocycles. The molecule has 0 atom stereocenters. The van der Waals surface area contributed by atoms with E-state index in [1.54, 1.807) is 12.1 Å². The molecule has 5 heteroatoms. The summed E-state index contributed by atoms with van der Waals surface area (Å²) in [6, 6.07) is 14.1. The maximum atomic E-state index is 12.7. The lowest BCUT2D eigenvalue weighted by Gasteiger charge is -2.06. The molecule has 1 aliphatic heterocycles. The maximum Gasteiger partial charge on any atom is 0.282 e. The summed E-state index contributed by atoms with van der Waals surface area (Å²) >= 11 is 0. The molecule has 1 aliphatic carbocycles. The average molecular weight is 320 g/mol. The highest BCUT2D eigenvalue weighted by molar-refractivity contribution is 5.79. The van der Waals surface area contributed by atoms with E-state index >= 15 is 0 Å². The summed E-state index contributed by atoms with van der Waals surface area (Å²) < 4.78 is 7.15. The van der Waals surface area contributed by atoms with Crippen LogP contribution in [-0.4, -0.2) is 9.78 Å². The van der Waals surface area contributed by atoms with E-state index in [0.717, 1.165) is 11.3 Å². The highest BCUT2D eigenvalue weighted by Gasteiger charge is 2.14. The molecule has 0 amide bonds. The van der Waals surface area contributed by atoms with Crippen LogP contribution >= 0.6 is 0 Å². The molecule has 1 aromatic carbocycles. The van der Waals surface area contributed by atoms with Crippen LogP contribution < -0.4 is 11.0 Å². The van der Waals surface area contributed by atoms with E-state index in [9.17, 15) is 9.59 Å². The van der Waals surface area contributed by atoms with Crippen LogP contribution in [0.25, 0.3) is 28.1 Å². The largest absolute Gasteiger partial charge is 0.438 e. The van der Waals surface area contributed by atoms with Gasteiger partial charge in [0, 0.05) is 11.6 Å². The summed E-state index contributed by atoms with van der Waals surface area (Å²) in [4.78, 5) is 24.1. The third-order valence-corrected chi connectivity index (χ3v) is 4.21. The van der Waals surface area contributed by atoms with E-state index in [-0.39, 0.29) is 11.0 Å². The molecule has 0 unspecified atom stereocenters. The number of aromatic nitrogens is 2. The van der Waals surface area contributed by atoms with Crippen molar-refractivity contribution in [1.29, 1.82) is 0 Å². The van der Waals surface area contributed by atoms with Gasteiger partial charge in [0.25, 0.3) is 5.56 Å². The summed E-state index contributed by atoms with van der Waals surface area (Å²) in [5.74, 6) is 0.888. The number of rotatable bonds is 2.